The fourth-order valence-corrected chi connectivity index (χ4v) is 3.50. The van der Waals surface area contributed by atoms with Crippen molar-refractivity contribution in [1.29, 1.82) is 0 Å². The molecule has 1 aromatic heterocycles. The van der Waals surface area contributed by atoms with E-state index in [-0.39, 0.29) is 28.9 Å². The van der Waals surface area contributed by atoms with E-state index in [0.717, 1.165) is 6.20 Å². The Morgan fingerprint density at radius 3 is 2.62 bits per heavy atom. The van der Waals surface area contributed by atoms with E-state index in [2.05, 4.69) is 15.7 Å². The van der Waals surface area contributed by atoms with Crippen LogP contribution in [0.1, 0.15) is 62.6 Å². The van der Waals surface area contributed by atoms with Crippen LogP contribution in [0.15, 0.2) is 36.5 Å². The van der Waals surface area contributed by atoms with Crippen molar-refractivity contribution in [2.24, 2.45) is 11.7 Å². The van der Waals surface area contributed by atoms with E-state index in [1.807, 2.05) is 0 Å². The van der Waals surface area contributed by atoms with Gasteiger partial charge in [-0.2, -0.15) is 13.9 Å². The summed E-state index contributed by atoms with van der Waals surface area (Å²) in [5.41, 5.74) is 5.36. The second kappa shape index (κ2) is 9.62. The number of nitrogens with one attached hydrogen (secondary N) is 2. The Bertz CT molecular complexity index is 1140. The first-order valence-corrected chi connectivity index (χ1v) is 10.6. The molecule has 3 amide bonds. The molecule has 182 valence electrons. The second-order valence-electron chi connectivity index (χ2n) is 8.98. The third-order valence-corrected chi connectivity index (χ3v) is 5.05. The summed E-state index contributed by atoms with van der Waals surface area (Å²) in [6.45, 7) is 3.78. The number of alkyl halides is 2. The third-order valence-electron chi connectivity index (χ3n) is 5.05. The molecular weight excluding hydrogens is 448 g/mol. The van der Waals surface area contributed by atoms with Gasteiger partial charge in [0.05, 0.1) is 29.5 Å². The maximum absolute atomic E-state index is 13.8. The number of carbonyl (C=O) groups excluding carboxylic acids is 3. The summed E-state index contributed by atoms with van der Waals surface area (Å²) in [6.07, 6.45) is 4.01. The number of hydrogen-bond acceptors (Lipinski definition) is 5. The van der Waals surface area contributed by atoms with Crippen molar-refractivity contribution >= 4 is 23.6 Å². The molecule has 0 saturated carbocycles. The summed E-state index contributed by atoms with van der Waals surface area (Å²) in [7, 11) is 0. The summed E-state index contributed by atoms with van der Waals surface area (Å²) >= 11 is 0. The topological polar surface area (TPSA) is 128 Å². The van der Waals surface area contributed by atoms with E-state index in [9.17, 15) is 23.2 Å². The van der Waals surface area contributed by atoms with Crippen molar-refractivity contribution in [1.82, 2.24) is 15.1 Å². The molecule has 0 spiro atoms. The quantitative estimate of drug-likeness (QED) is 0.575. The van der Waals surface area contributed by atoms with Crippen LogP contribution in [0, 0.1) is 5.92 Å². The zero-order valence-corrected chi connectivity index (χ0v) is 19.3. The van der Waals surface area contributed by atoms with Crippen molar-refractivity contribution in [2.75, 3.05) is 5.32 Å². The lowest BCUT2D eigenvalue weighted by Crippen LogP contribution is -2.35. The van der Waals surface area contributed by atoms with Crippen LogP contribution in [-0.4, -0.2) is 33.3 Å². The Kier molecular flexibility index (Phi) is 7.04. The molecule has 1 aromatic carbocycles. The number of aromatic nitrogens is 2. The summed E-state index contributed by atoms with van der Waals surface area (Å²) in [5.74, 6) is -1.82. The fourth-order valence-electron chi connectivity index (χ4n) is 3.50. The van der Waals surface area contributed by atoms with Gasteiger partial charge in [-0.05, 0) is 51.0 Å². The van der Waals surface area contributed by atoms with Gasteiger partial charge in [-0.1, -0.05) is 19.1 Å². The number of halogens is 2. The Morgan fingerprint density at radius 2 is 2.00 bits per heavy atom. The van der Waals surface area contributed by atoms with Gasteiger partial charge in [0, 0.05) is 11.1 Å². The number of benzene rings is 1. The van der Waals surface area contributed by atoms with Crippen LogP contribution < -0.4 is 16.4 Å². The number of amides is 3. The number of fused-ring (bicyclic) bond motifs is 4. The van der Waals surface area contributed by atoms with Gasteiger partial charge in [-0.3, -0.25) is 9.59 Å². The first-order valence-electron chi connectivity index (χ1n) is 10.6. The van der Waals surface area contributed by atoms with E-state index in [0.29, 0.717) is 10.2 Å². The van der Waals surface area contributed by atoms with E-state index >= 15 is 0 Å². The molecule has 11 heteroatoms. The van der Waals surface area contributed by atoms with Crippen LogP contribution in [0.25, 0.3) is 11.3 Å². The van der Waals surface area contributed by atoms with Crippen LogP contribution in [0.4, 0.5) is 19.3 Å². The molecule has 0 radical (unpaired) electrons. The largest absolute Gasteiger partial charge is 0.444 e. The number of alkyl carbamates (subject to hydrolysis) is 1. The number of anilines is 1. The van der Waals surface area contributed by atoms with Gasteiger partial charge < -0.3 is 21.1 Å². The summed E-state index contributed by atoms with van der Waals surface area (Å²) in [4.78, 5) is 37.2. The highest BCUT2D eigenvalue weighted by Gasteiger charge is 2.26. The highest BCUT2D eigenvalue weighted by atomic mass is 19.3. The predicted molar refractivity (Wildman–Crippen MR) is 121 cm³/mol. The van der Waals surface area contributed by atoms with Crippen LogP contribution in [-0.2, 0) is 9.53 Å². The van der Waals surface area contributed by atoms with Gasteiger partial charge in [-0.15, -0.1) is 0 Å². The molecule has 2 atom stereocenters. The zero-order chi connectivity index (χ0) is 25.2. The minimum absolute atomic E-state index is 0.0391. The van der Waals surface area contributed by atoms with E-state index in [4.69, 9.17) is 10.5 Å². The predicted octanol–water partition coefficient (Wildman–Crippen LogP) is 4.14. The number of nitrogens with two attached hydrogens (primary N) is 1. The Hall–Kier alpha value is -3.76. The van der Waals surface area contributed by atoms with Gasteiger partial charge in [-0.25, -0.2) is 9.48 Å². The molecular formula is C23H27F2N5O4. The molecule has 2 heterocycles. The molecule has 0 fully saturated rings. The van der Waals surface area contributed by atoms with Gasteiger partial charge in [0.15, 0.2) is 0 Å². The first-order chi connectivity index (χ1) is 15.9. The van der Waals surface area contributed by atoms with E-state index in [1.165, 1.54) is 12.1 Å². The SMILES string of the molecule is C[C@@H]1C=CC[C@H](NC(=O)OC(C)(C)C)c2cc(C(N)=O)cc(c2)-c2c(cnn2C(F)F)NC1=O. The van der Waals surface area contributed by atoms with Crippen LogP contribution in [0.5, 0.6) is 0 Å². The highest BCUT2D eigenvalue weighted by molar-refractivity contribution is 5.98. The maximum Gasteiger partial charge on any atom is 0.408 e. The lowest BCUT2D eigenvalue weighted by Gasteiger charge is -2.24. The van der Waals surface area contributed by atoms with Crippen LogP contribution in [0.3, 0.4) is 0 Å². The number of hydrogen-bond donors (Lipinski definition) is 3. The van der Waals surface area contributed by atoms with Crippen molar-refractivity contribution < 1.29 is 27.9 Å². The second-order valence-corrected chi connectivity index (χ2v) is 8.98. The molecule has 9 nitrogen and oxygen atoms in total. The molecule has 0 aliphatic carbocycles. The lowest BCUT2D eigenvalue weighted by atomic mass is 9.95. The minimum atomic E-state index is -3.01. The Morgan fingerprint density at radius 1 is 1.29 bits per heavy atom. The summed E-state index contributed by atoms with van der Waals surface area (Å²) in [5, 5.41) is 9.08. The number of nitrogens with zero attached hydrogens (tertiary/aromatic N) is 2. The van der Waals surface area contributed by atoms with Crippen molar-refractivity contribution in [3.05, 3.63) is 47.7 Å². The monoisotopic (exact) mass is 475 g/mol. The lowest BCUT2D eigenvalue weighted by molar-refractivity contribution is -0.118. The summed E-state index contributed by atoms with van der Waals surface area (Å²) in [6, 6.07) is 3.66. The van der Waals surface area contributed by atoms with Crippen LogP contribution in [0.2, 0.25) is 0 Å². The molecule has 34 heavy (non-hydrogen) atoms. The van der Waals surface area contributed by atoms with Gasteiger partial charge in [0.25, 0.3) is 0 Å². The molecule has 2 bridgehead atoms. The standard InChI is InChI=1S/C23H27F2N5O4/c1-12-6-5-7-16(29-22(33)34-23(2,3)4)13-8-14(10-15(9-13)19(26)31)18-17(28-20(12)32)11-27-30(18)21(24)25/h5-6,8-12,16,21H,7H2,1-4H3,(H2,26,31)(H,28,32)(H,29,33)/t12-,16+/m1/s1. The molecule has 1 aliphatic rings. The number of primary amides is 1. The minimum Gasteiger partial charge on any atom is -0.444 e. The van der Waals surface area contributed by atoms with Crippen LogP contribution >= 0.6 is 0 Å². The average molecular weight is 475 g/mol. The third kappa shape index (κ3) is 5.77. The van der Waals surface area contributed by atoms with Crippen molar-refractivity contribution in [2.45, 2.75) is 52.3 Å². The van der Waals surface area contributed by atoms with Gasteiger partial charge >= 0.3 is 12.6 Å². The van der Waals surface area contributed by atoms with Gasteiger partial charge in [0.1, 0.15) is 5.60 Å². The summed E-state index contributed by atoms with van der Waals surface area (Å²) < 4.78 is 33.3. The number of carbonyl (C=O) groups is 3. The van der Waals surface area contributed by atoms with Crippen molar-refractivity contribution in [3.63, 3.8) is 0 Å². The Labute approximate surface area is 195 Å². The smallest absolute Gasteiger partial charge is 0.408 e. The normalized spacial score (nSPS) is 18.4. The highest BCUT2D eigenvalue weighted by Crippen LogP contribution is 2.35. The van der Waals surface area contributed by atoms with E-state index in [1.54, 1.807) is 45.9 Å². The average Bonchev–Trinajstić information content (AvgIpc) is 3.14. The maximum atomic E-state index is 13.8. The fraction of sp³-hybridized carbons (Fsp3) is 0.391. The molecule has 0 saturated heterocycles. The molecule has 4 N–H and O–H groups in total. The first kappa shape index (κ1) is 24.9. The molecule has 0 unspecified atom stereocenters. The molecule has 3 rings (SSSR count). The number of rotatable bonds is 3. The van der Waals surface area contributed by atoms with Crippen molar-refractivity contribution in [3.8, 4) is 11.3 Å². The van der Waals surface area contributed by atoms with E-state index < -0.39 is 42.0 Å². The molecule has 1 aliphatic heterocycles. The zero-order valence-electron chi connectivity index (χ0n) is 19.3. The Balaban J connectivity index is 2.20. The number of ether oxygens (including phenoxy) is 1. The van der Waals surface area contributed by atoms with Gasteiger partial charge in [0.2, 0.25) is 11.8 Å². The molecule has 2 aromatic rings.